The number of hydrogen-bond acceptors (Lipinski definition) is 5. The first-order valence-electron chi connectivity index (χ1n) is 8.59. The normalized spacial score (nSPS) is 10.0. The minimum atomic E-state index is -0.504. The van der Waals surface area contributed by atoms with E-state index in [0.717, 1.165) is 5.56 Å². The number of carbonyl (C=O) groups is 2. The number of hydrogen-bond donors (Lipinski definition) is 2. The number of nitrogens with one attached hydrogen (secondary N) is 2. The lowest BCUT2D eigenvalue weighted by Crippen LogP contribution is -2.26. The van der Waals surface area contributed by atoms with Gasteiger partial charge in [0.2, 0.25) is 5.91 Å². The number of rotatable bonds is 9. The summed E-state index contributed by atoms with van der Waals surface area (Å²) in [5.74, 6) is 0.992. The number of anilines is 1. The quantitative estimate of drug-likeness (QED) is 0.659. The Bertz CT molecular complexity index is 749. The van der Waals surface area contributed by atoms with Gasteiger partial charge in [0.25, 0.3) is 0 Å². The third-order valence-corrected chi connectivity index (χ3v) is 3.75. The largest absolute Gasteiger partial charge is 0.497 e. The molecular weight excluding hydrogens is 348 g/mol. The van der Waals surface area contributed by atoms with Gasteiger partial charge in [0.15, 0.2) is 0 Å². The zero-order valence-corrected chi connectivity index (χ0v) is 15.5. The fraction of sp³-hybridized carbons (Fsp3) is 0.300. The van der Waals surface area contributed by atoms with Gasteiger partial charge in [-0.05, 0) is 24.1 Å². The number of benzene rings is 2. The summed E-state index contributed by atoms with van der Waals surface area (Å²) in [4.78, 5) is 23.7. The van der Waals surface area contributed by atoms with Crippen LogP contribution in [0.25, 0.3) is 0 Å². The summed E-state index contributed by atoms with van der Waals surface area (Å²) < 4.78 is 15.5. The second-order valence-corrected chi connectivity index (χ2v) is 5.71. The van der Waals surface area contributed by atoms with Crippen LogP contribution in [0.1, 0.15) is 18.4 Å². The van der Waals surface area contributed by atoms with Crippen LogP contribution in [0.4, 0.5) is 10.5 Å². The number of amides is 2. The van der Waals surface area contributed by atoms with Gasteiger partial charge >= 0.3 is 6.09 Å². The molecule has 0 radical (unpaired) electrons. The van der Waals surface area contributed by atoms with Crippen LogP contribution in [-0.2, 0) is 16.1 Å². The Morgan fingerprint density at radius 1 is 1.00 bits per heavy atom. The fourth-order valence-electron chi connectivity index (χ4n) is 2.33. The van der Waals surface area contributed by atoms with Crippen molar-refractivity contribution in [2.45, 2.75) is 19.4 Å². The average molecular weight is 372 g/mol. The number of methoxy groups -OCH3 is 2. The van der Waals surface area contributed by atoms with Crippen molar-refractivity contribution in [3.8, 4) is 11.5 Å². The molecule has 0 atom stereocenters. The topological polar surface area (TPSA) is 85.9 Å². The summed E-state index contributed by atoms with van der Waals surface area (Å²) in [7, 11) is 3.08. The maximum atomic E-state index is 12.0. The van der Waals surface area contributed by atoms with Crippen LogP contribution in [0, 0.1) is 0 Å². The molecule has 0 aliphatic heterocycles. The molecule has 0 saturated carbocycles. The van der Waals surface area contributed by atoms with E-state index in [4.69, 9.17) is 14.2 Å². The molecule has 7 heteroatoms. The van der Waals surface area contributed by atoms with Crippen molar-refractivity contribution in [2.24, 2.45) is 0 Å². The van der Waals surface area contributed by atoms with Crippen LogP contribution in [-0.4, -0.2) is 32.8 Å². The van der Waals surface area contributed by atoms with Gasteiger partial charge in [0.05, 0.1) is 19.9 Å². The van der Waals surface area contributed by atoms with Crippen LogP contribution < -0.4 is 20.1 Å². The van der Waals surface area contributed by atoms with Crippen molar-refractivity contribution in [2.75, 3.05) is 26.1 Å². The lowest BCUT2D eigenvalue weighted by atomic mass is 10.2. The van der Waals surface area contributed by atoms with Crippen molar-refractivity contribution in [1.29, 1.82) is 0 Å². The van der Waals surface area contributed by atoms with Gasteiger partial charge < -0.3 is 24.8 Å². The highest BCUT2D eigenvalue weighted by atomic mass is 16.5. The van der Waals surface area contributed by atoms with Crippen molar-refractivity contribution in [3.63, 3.8) is 0 Å². The van der Waals surface area contributed by atoms with Gasteiger partial charge in [0, 0.05) is 19.0 Å². The molecule has 2 amide bonds. The zero-order valence-electron chi connectivity index (χ0n) is 15.5. The Morgan fingerprint density at radius 2 is 1.78 bits per heavy atom. The summed E-state index contributed by atoms with van der Waals surface area (Å²) in [6, 6.07) is 14.6. The molecule has 27 heavy (non-hydrogen) atoms. The standard InChI is InChI=1S/C20H24N2O5/c1-25-16-10-11-17(18(13-16)26-2)22-19(23)9-6-12-21-20(24)27-14-15-7-4-3-5-8-15/h3-5,7-8,10-11,13H,6,9,12,14H2,1-2H3,(H,21,24)(H,22,23). The predicted molar refractivity (Wildman–Crippen MR) is 102 cm³/mol. The molecule has 0 aliphatic rings. The maximum Gasteiger partial charge on any atom is 0.407 e. The molecule has 2 aromatic carbocycles. The minimum Gasteiger partial charge on any atom is -0.497 e. The van der Waals surface area contributed by atoms with Crippen LogP contribution in [0.2, 0.25) is 0 Å². The van der Waals surface area contributed by atoms with E-state index in [1.54, 1.807) is 25.3 Å². The summed E-state index contributed by atoms with van der Waals surface area (Å²) in [6.07, 6.45) is 0.245. The molecule has 0 spiro atoms. The molecular formula is C20H24N2O5. The van der Waals surface area contributed by atoms with E-state index in [1.165, 1.54) is 7.11 Å². The highest BCUT2D eigenvalue weighted by Crippen LogP contribution is 2.29. The second-order valence-electron chi connectivity index (χ2n) is 5.71. The van der Waals surface area contributed by atoms with Gasteiger partial charge in [-0.25, -0.2) is 4.79 Å². The summed E-state index contributed by atoms with van der Waals surface area (Å²) in [6.45, 7) is 0.561. The van der Waals surface area contributed by atoms with Gasteiger partial charge in [-0.2, -0.15) is 0 Å². The molecule has 2 aromatic rings. The molecule has 0 fully saturated rings. The van der Waals surface area contributed by atoms with E-state index < -0.39 is 6.09 Å². The second kappa shape index (κ2) is 10.7. The predicted octanol–water partition coefficient (Wildman–Crippen LogP) is 3.35. The lowest BCUT2D eigenvalue weighted by Gasteiger charge is -2.11. The fourth-order valence-corrected chi connectivity index (χ4v) is 2.33. The van der Waals surface area contributed by atoms with Crippen molar-refractivity contribution in [1.82, 2.24) is 5.32 Å². The van der Waals surface area contributed by atoms with E-state index in [1.807, 2.05) is 30.3 Å². The molecule has 144 valence electrons. The molecule has 7 nitrogen and oxygen atoms in total. The molecule has 0 saturated heterocycles. The molecule has 0 unspecified atom stereocenters. The lowest BCUT2D eigenvalue weighted by molar-refractivity contribution is -0.116. The maximum absolute atomic E-state index is 12.0. The molecule has 2 N–H and O–H groups in total. The van der Waals surface area contributed by atoms with E-state index >= 15 is 0 Å². The van der Waals surface area contributed by atoms with Crippen LogP contribution in [0.3, 0.4) is 0 Å². The summed E-state index contributed by atoms with van der Waals surface area (Å²) in [5, 5.41) is 5.41. The highest BCUT2D eigenvalue weighted by molar-refractivity contribution is 5.92. The molecule has 0 heterocycles. The molecule has 0 bridgehead atoms. The van der Waals surface area contributed by atoms with Gasteiger partial charge in [0.1, 0.15) is 18.1 Å². The number of carbonyl (C=O) groups excluding carboxylic acids is 2. The minimum absolute atomic E-state index is 0.169. The third-order valence-electron chi connectivity index (χ3n) is 3.75. The Balaban J connectivity index is 1.66. The first kappa shape index (κ1) is 20.1. The van der Waals surface area contributed by atoms with Gasteiger partial charge in [-0.1, -0.05) is 30.3 Å². The average Bonchev–Trinajstić information content (AvgIpc) is 2.70. The third kappa shape index (κ3) is 6.89. The van der Waals surface area contributed by atoms with Crippen LogP contribution in [0.5, 0.6) is 11.5 Å². The van der Waals surface area contributed by atoms with E-state index in [0.29, 0.717) is 30.2 Å². The van der Waals surface area contributed by atoms with Crippen molar-refractivity contribution in [3.05, 3.63) is 54.1 Å². The molecule has 0 aliphatic carbocycles. The number of alkyl carbamates (subject to hydrolysis) is 1. The SMILES string of the molecule is COc1ccc(NC(=O)CCCNC(=O)OCc2ccccc2)c(OC)c1. The van der Waals surface area contributed by atoms with E-state index in [2.05, 4.69) is 10.6 Å². The Morgan fingerprint density at radius 3 is 2.48 bits per heavy atom. The van der Waals surface area contributed by atoms with E-state index in [-0.39, 0.29) is 18.9 Å². The van der Waals surface area contributed by atoms with E-state index in [9.17, 15) is 9.59 Å². The van der Waals surface area contributed by atoms with Gasteiger partial charge in [-0.3, -0.25) is 4.79 Å². The zero-order chi connectivity index (χ0) is 19.5. The van der Waals surface area contributed by atoms with Crippen molar-refractivity contribution >= 4 is 17.7 Å². The smallest absolute Gasteiger partial charge is 0.407 e. The number of ether oxygens (including phenoxy) is 3. The van der Waals surface area contributed by atoms with Crippen LogP contribution in [0.15, 0.2) is 48.5 Å². The first-order valence-corrected chi connectivity index (χ1v) is 8.59. The van der Waals surface area contributed by atoms with Crippen molar-refractivity contribution < 1.29 is 23.8 Å². The Hall–Kier alpha value is -3.22. The summed E-state index contributed by atoms with van der Waals surface area (Å²) in [5.41, 5.74) is 1.49. The first-order chi connectivity index (χ1) is 13.1. The molecule has 2 rings (SSSR count). The van der Waals surface area contributed by atoms with Gasteiger partial charge in [-0.15, -0.1) is 0 Å². The van der Waals surface area contributed by atoms with Crippen LogP contribution >= 0.6 is 0 Å². The molecule has 0 aromatic heterocycles. The Labute approximate surface area is 158 Å². The highest BCUT2D eigenvalue weighted by Gasteiger charge is 2.09. The monoisotopic (exact) mass is 372 g/mol. The summed E-state index contributed by atoms with van der Waals surface area (Å²) >= 11 is 0. The Kier molecular flexibility index (Phi) is 7.96.